The summed E-state index contributed by atoms with van der Waals surface area (Å²) in [5.74, 6) is 0. The van der Waals surface area contributed by atoms with Gasteiger partial charge in [-0.05, 0) is 128 Å². The highest BCUT2D eigenvalue weighted by molar-refractivity contribution is 6.01. The van der Waals surface area contributed by atoms with Crippen molar-refractivity contribution in [1.82, 2.24) is 0 Å². The van der Waals surface area contributed by atoms with E-state index in [1.165, 1.54) is 72.4 Å². The number of fused-ring (bicyclic) bond motifs is 13. The fraction of sp³-hybridized carbons (Fsp3) is 0.0690. The second-order valence-electron chi connectivity index (χ2n) is 16.8. The lowest BCUT2D eigenvalue weighted by molar-refractivity contribution is 0.660. The molecule has 60 heavy (non-hydrogen) atoms. The Morgan fingerprint density at radius 3 is 1.30 bits per heavy atom. The second-order valence-corrected chi connectivity index (χ2v) is 16.8. The van der Waals surface area contributed by atoms with Crippen LogP contribution in [0.4, 0.5) is 34.1 Å². The van der Waals surface area contributed by atoms with E-state index in [0.29, 0.717) is 0 Å². The van der Waals surface area contributed by atoms with Gasteiger partial charge in [0.05, 0.1) is 11.1 Å². The molecule has 0 radical (unpaired) electrons. The zero-order valence-electron chi connectivity index (χ0n) is 33.7. The van der Waals surface area contributed by atoms with Gasteiger partial charge in [-0.2, -0.15) is 0 Å². The Balaban J connectivity index is 1.11. The Kier molecular flexibility index (Phi) is 7.52. The lowest BCUT2D eigenvalue weighted by Crippen LogP contribution is -2.26. The quantitative estimate of drug-likeness (QED) is 0.166. The normalized spacial score (nSPS) is 15.7. The molecule has 284 valence electrons. The van der Waals surface area contributed by atoms with E-state index in [4.69, 9.17) is 0 Å². The maximum Gasteiger partial charge on any atom is 0.0727 e. The number of anilines is 6. The van der Waals surface area contributed by atoms with Crippen LogP contribution < -0.4 is 9.80 Å². The summed E-state index contributed by atoms with van der Waals surface area (Å²) < 4.78 is 0. The van der Waals surface area contributed by atoms with Gasteiger partial charge >= 0.3 is 0 Å². The number of hydrogen-bond acceptors (Lipinski definition) is 2. The van der Waals surface area contributed by atoms with Crippen LogP contribution in [0.1, 0.15) is 47.2 Å². The highest BCUT2D eigenvalue weighted by atomic mass is 15.1. The molecule has 1 unspecified atom stereocenters. The third-order valence-corrected chi connectivity index (χ3v) is 13.4. The number of hydrogen-bond donors (Lipinski definition) is 0. The molecule has 9 aromatic carbocycles. The molecule has 3 aliphatic rings. The first kappa shape index (κ1) is 34.6. The zero-order chi connectivity index (χ0) is 40.0. The standard InChI is InChI=1S/C58H42N2/c1-57(2)49-28-15-12-25-44(49)46-35-33-42(37-53(46)57)59(39-19-6-3-7-20-39)43-34-36-47-45-26-13-16-29-50(45)58(54(47)38-43)51-30-17-14-27-48(51)56-52(58)31-18-32-55(56)60(40-21-8-4-9-22-40)41-23-10-5-11-24-41/h3-38H,1-2H3. The first-order valence-corrected chi connectivity index (χ1v) is 21.0. The molecular weight excluding hydrogens is 725 g/mol. The maximum absolute atomic E-state index is 2.50. The molecule has 0 aliphatic heterocycles. The number of nitrogens with zero attached hydrogens (tertiary/aromatic N) is 2. The molecule has 2 nitrogen and oxygen atoms in total. The third-order valence-electron chi connectivity index (χ3n) is 13.4. The minimum atomic E-state index is -0.535. The van der Waals surface area contributed by atoms with Gasteiger partial charge in [0.15, 0.2) is 0 Å². The fourth-order valence-electron chi connectivity index (χ4n) is 10.9. The van der Waals surface area contributed by atoms with Crippen LogP contribution in [0.5, 0.6) is 0 Å². The summed E-state index contributed by atoms with van der Waals surface area (Å²) in [6.45, 7) is 4.73. The van der Waals surface area contributed by atoms with Crippen molar-refractivity contribution in [3.63, 3.8) is 0 Å². The highest BCUT2D eigenvalue weighted by Gasteiger charge is 2.52. The van der Waals surface area contributed by atoms with Crippen molar-refractivity contribution >= 4 is 34.1 Å². The summed E-state index contributed by atoms with van der Waals surface area (Å²) >= 11 is 0. The van der Waals surface area contributed by atoms with Crippen LogP contribution in [0.3, 0.4) is 0 Å². The van der Waals surface area contributed by atoms with E-state index in [9.17, 15) is 0 Å². The molecule has 0 amide bonds. The van der Waals surface area contributed by atoms with Gasteiger partial charge in [0.1, 0.15) is 0 Å². The number of benzene rings is 9. The largest absolute Gasteiger partial charge is 0.310 e. The highest BCUT2D eigenvalue weighted by Crippen LogP contribution is 2.65. The molecule has 0 heterocycles. The molecule has 0 aromatic heterocycles. The molecule has 9 aromatic rings. The molecule has 1 atom stereocenters. The van der Waals surface area contributed by atoms with Gasteiger partial charge in [0, 0.05) is 39.4 Å². The predicted molar refractivity (Wildman–Crippen MR) is 250 cm³/mol. The summed E-state index contributed by atoms with van der Waals surface area (Å²) in [5, 5.41) is 0. The van der Waals surface area contributed by atoms with Gasteiger partial charge in [-0.15, -0.1) is 0 Å². The number of para-hydroxylation sites is 3. The fourth-order valence-corrected chi connectivity index (χ4v) is 10.9. The molecule has 1 spiro atoms. The Morgan fingerprint density at radius 1 is 0.283 bits per heavy atom. The maximum atomic E-state index is 2.50. The van der Waals surface area contributed by atoms with Crippen LogP contribution in [0.25, 0.3) is 33.4 Å². The van der Waals surface area contributed by atoms with Crippen LogP contribution in [0.2, 0.25) is 0 Å². The first-order valence-electron chi connectivity index (χ1n) is 21.0. The Hall–Kier alpha value is -7.42. The van der Waals surface area contributed by atoms with E-state index in [0.717, 1.165) is 28.4 Å². The molecule has 12 rings (SSSR count). The van der Waals surface area contributed by atoms with Crippen molar-refractivity contribution in [3.8, 4) is 33.4 Å². The van der Waals surface area contributed by atoms with E-state index in [1.54, 1.807) is 0 Å². The monoisotopic (exact) mass is 766 g/mol. The van der Waals surface area contributed by atoms with E-state index in [1.807, 2.05) is 0 Å². The zero-order valence-corrected chi connectivity index (χ0v) is 33.7. The minimum absolute atomic E-state index is 0.115. The smallest absolute Gasteiger partial charge is 0.0727 e. The van der Waals surface area contributed by atoms with Crippen molar-refractivity contribution in [1.29, 1.82) is 0 Å². The van der Waals surface area contributed by atoms with Gasteiger partial charge in [0.2, 0.25) is 0 Å². The van der Waals surface area contributed by atoms with Crippen molar-refractivity contribution < 1.29 is 0 Å². The Morgan fingerprint density at radius 2 is 0.700 bits per heavy atom. The van der Waals surface area contributed by atoms with E-state index >= 15 is 0 Å². The van der Waals surface area contributed by atoms with Crippen molar-refractivity contribution in [2.24, 2.45) is 0 Å². The van der Waals surface area contributed by atoms with Gasteiger partial charge in [0.25, 0.3) is 0 Å². The molecule has 0 fully saturated rings. The first-order chi connectivity index (χ1) is 29.5. The summed E-state index contributed by atoms with van der Waals surface area (Å²) in [7, 11) is 0. The van der Waals surface area contributed by atoms with Gasteiger partial charge in [-0.25, -0.2) is 0 Å². The second kappa shape index (κ2) is 13.0. The van der Waals surface area contributed by atoms with Crippen molar-refractivity contribution in [2.45, 2.75) is 24.7 Å². The molecule has 2 heteroatoms. The average molecular weight is 767 g/mol. The molecule has 0 bridgehead atoms. The van der Waals surface area contributed by atoms with Gasteiger partial charge < -0.3 is 9.80 Å². The summed E-state index contributed by atoms with van der Waals surface area (Å²) in [6, 6.07) is 80.9. The third kappa shape index (κ3) is 4.76. The van der Waals surface area contributed by atoms with Crippen LogP contribution in [-0.2, 0) is 10.8 Å². The van der Waals surface area contributed by atoms with Crippen LogP contribution in [0.15, 0.2) is 218 Å². The van der Waals surface area contributed by atoms with E-state index in [2.05, 4.69) is 242 Å². The minimum Gasteiger partial charge on any atom is -0.310 e. The summed E-state index contributed by atoms with van der Waals surface area (Å²) in [4.78, 5) is 4.89. The molecule has 3 aliphatic carbocycles. The lowest BCUT2D eigenvalue weighted by atomic mass is 9.70. The SMILES string of the molecule is CC1(C)c2ccccc2-c2ccc(N(c3ccccc3)c3ccc4c(c3)C3(c5ccccc5-4)c4ccccc4-c4c(N(c5ccccc5)c5ccccc5)cccc43)cc21. The van der Waals surface area contributed by atoms with Crippen LogP contribution in [-0.4, -0.2) is 0 Å². The Labute approximate surface area is 352 Å². The topological polar surface area (TPSA) is 6.48 Å². The predicted octanol–water partition coefficient (Wildman–Crippen LogP) is 15.3. The van der Waals surface area contributed by atoms with Crippen LogP contribution >= 0.6 is 0 Å². The van der Waals surface area contributed by atoms with Gasteiger partial charge in [-0.1, -0.05) is 166 Å². The Bertz CT molecular complexity index is 3090. The number of rotatable bonds is 6. The molecule has 0 saturated carbocycles. The van der Waals surface area contributed by atoms with E-state index < -0.39 is 5.41 Å². The van der Waals surface area contributed by atoms with Gasteiger partial charge in [-0.3, -0.25) is 0 Å². The van der Waals surface area contributed by atoms with E-state index in [-0.39, 0.29) is 5.41 Å². The molecule has 0 saturated heterocycles. The van der Waals surface area contributed by atoms with Crippen LogP contribution in [0, 0.1) is 0 Å². The lowest BCUT2D eigenvalue weighted by Gasteiger charge is -2.33. The summed E-state index contributed by atoms with van der Waals surface area (Å²) in [6.07, 6.45) is 0. The van der Waals surface area contributed by atoms with Crippen molar-refractivity contribution in [3.05, 3.63) is 252 Å². The molecular formula is C58H42N2. The molecule has 0 N–H and O–H groups in total. The van der Waals surface area contributed by atoms with Crippen molar-refractivity contribution in [2.75, 3.05) is 9.80 Å². The summed E-state index contributed by atoms with van der Waals surface area (Å²) in [5.41, 5.74) is 22.0. The average Bonchev–Trinajstić information content (AvgIpc) is 3.86.